The quantitative estimate of drug-likeness (QED) is 0.803. The first kappa shape index (κ1) is 15.3. The average molecular weight is 268 g/mol. The molecule has 3 atom stereocenters. The molecule has 3 unspecified atom stereocenters. The first-order chi connectivity index (χ1) is 9.20. The lowest BCUT2D eigenvalue weighted by atomic mass is 9.89. The molecule has 3 heteroatoms. The highest BCUT2D eigenvalue weighted by atomic mass is 16.3. The third-order valence-electron chi connectivity index (χ3n) is 5.14. The molecule has 1 aliphatic heterocycles. The molecular formula is C16H32N2O. The molecule has 1 aliphatic carbocycles. The van der Waals surface area contributed by atoms with Crippen molar-refractivity contribution in [3.05, 3.63) is 0 Å². The van der Waals surface area contributed by atoms with Crippen molar-refractivity contribution in [2.45, 2.75) is 77.0 Å². The van der Waals surface area contributed by atoms with Gasteiger partial charge >= 0.3 is 0 Å². The molecule has 1 saturated carbocycles. The highest BCUT2D eigenvalue weighted by Gasteiger charge is 2.31. The largest absolute Gasteiger partial charge is 0.391 e. The minimum Gasteiger partial charge on any atom is -0.391 e. The Balaban J connectivity index is 1.69. The van der Waals surface area contributed by atoms with Crippen LogP contribution in [-0.4, -0.2) is 47.8 Å². The second-order valence-corrected chi connectivity index (χ2v) is 6.65. The zero-order chi connectivity index (χ0) is 13.7. The van der Waals surface area contributed by atoms with Crippen LogP contribution < -0.4 is 5.32 Å². The summed E-state index contributed by atoms with van der Waals surface area (Å²) in [5.74, 6) is 0.790. The zero-order valence-electron chi connectivity index (χ0n) is 12.8. The number of aliphatic hydroxyl groups excluding tert-OH is 1. The van der Waals surface area contributed by atoms with Gasteiger partial charge in [0, 0.05) is 25.2 Å². The predicted octanol–water partition coefficient (Wildman–Crippen LogP) is 2.39. The summed E-state index contributed by atoms with van der Waals surface area (Å²) in [6, 6.07) is 1.15. The Bertz CT molecular complexity index is 251. The zero-order valence-corrected chi connectivity index (χ0v) is 12.8. The highest BCUT2D eigenvalue weighted by Crippen LogP contribution is 2.25. The van der Waals surface area contributed by atoms with Gasteiger partial charge in [-0.25, -0.2) is 0 Å². The van der Waals surface area contributed by atoms with E-state index in [1.807, 2.05) is 0 Å². The van der Waals surface area contributed by atoms with Crippen molar-refractivity contribution < 1.29 is 5.11 Å². The minimum atomic E-state index is -0.0710. The van der Waals surface area contributed by atoms with Gasteiger partial charge in [0.25, 0.3) is 0 Å². The van der Waals surface area contributed by atoms with Gasteiger partial charge in [-0.1, -0.05) is 33.1 Å². The molecule has 2 aliphatic rings. The molecule has 0 aromatic rings. The summed E-state index contributed by atoms with van der Waals surface area (Å²) < 4.78 is 0. The second kappa shape index (κ2) is 7.61. The number of rotatable bonds is 5. The van der Waals surface area contributed by atoms with Crippen molar-refractivity contribution in [2.24, 2.45) is 5.92 Å². The van der Waals surface area contributed by atoms with E-state index in [0.717, 1.165) is 18.9 Å². The molecule has 112 valence electrons. The predicted molar refractivity (Wildman–Crippen MR) is 80.3 cm³/mol. The Hall–Kier alpha value is -0.120. The van der Waals surface area contributed by atoms with Crippen molar-refractivity contribution in [3.63, 3.8) is 0 Å². The molecule has 3 nitrogen and oxygen atoms in total. The van der Waals surface area contributed by atoms with Crippen LogP contribution in [0.15, 0.2) is 0 Å². The van der Waals surface area contributed by atoms with Gasteiger partial charge in [-0.2, -0.15) is 0 Å². The van der Waals surface area contributed by atoms with E-state index in [1.54, 1.807) is 0 Å². The lowest BCUT2D eigenvalue weighted by molar-refractivity contribution is 0.00708. The first-order valence-corrected chi connectivity index (χ1v) is 8.36. The first-order valence-electron chi connectivity index (χ1n) is 8.36. The average Bonchev–Trinajstić information content (AvgIpc) is 2.46. The van der Waals surface area contributed by atoms with Crippen LogP contribution in [0.3, 0.4) is 0 Å². The van der Waals surface area contributed by atoms with Crippen LogP contribution in [0.2, 0.25) is 0 Å². The molecule has 2 rings (SSSR count). The van der Waals surface area contributed by atoms with Gasteiger partial charge in [0.15, 0.2) is 0 Å². The molecule has 0 aromatic carbocycles. The molecule has 0 aromatic heterocycles. The Morgan fingerprint density at radius 1 is 1.16 bits per heavy atom. The van der Waals surface area contributed by atoms with Crippen LogP contribution in [0.1, 0.15) is 58.8 Å². The summed E-state index contributed by atoms with van der Waals surface area (Å²) in [5, 5.41) is 13.9. The smallest absolute Gasteiger partial charge is 0.0695 e. The lowest BCUT2D eigenvalue weighted by Gasteiger charge is -2.41. The molecule has 1 heterocycles. The minimum absolute atomic E-state index is 0.0710. The van der Waals surface area contributed by atoms with E-state index in [2.05, 4.69) is 24.1 Å². The monoisotopic (exact) mass is 268 g/mol. The fourth-order valence-electron chi connectivity index (χ4n) is 3.47. The third-order valence-corrected chi connectivity index (χ3v) is 5.14. The van der Waals surface area contributed by atoms with Crippen LogP contribution in [0.4, 0.5) is 0 Å². The van der Waals surface area contributed by atoms with Crippen molar-refractivity contribution in [1.29, 1.82) is 0 Å². The van der Waals surface area contributed by atoms with Crippen LogP contribution in [-0.2, 0) is 0 Å². The SMILES string of the molecule is CCC(C)CNC1CCN(C2CCCCC2O)CC1. The maximum absolute atomic E-state index is 10.1. The number of nitrogens with one attached hydrogen (secondary N) is 1. The van der Waals surface area contributed by atoms with Crippen LogP contribution in [0.25, 0.3) is 0 Å². The Labute approximate surface area is 118 Å². The molecule has 2 N–H and O–H groups in total. The normalized spacial score (nSPS) is 32.4. The van der Waals surface area contributed by atoms with Crippen molar-refractivity contribution >= 4 is 0 Å². The molecule has 19 heavy (non-hydrogen) atoms. The van der Waals surface area contributed by atoms with E-state index >= 15 is 0 Å². The van der Waals surface area contributed by atoms with E-state index in [4.69, 9.17) is 0 Å². The van der Waals surface area contributed by atoms with Crippen molar-refractivity contribution in [2.75, 3.05) is 19.6 Å². The standard InChI is InChI=1S/C16H32N2O/c1-3-13(2)12-17-14-8-10-18(11-9-14)15-6-4-5-7-16(15)19/h13-17,19H,3-12H2,1-2H3. The fraction of sp³-hybridized carbons (Fsp3) is 1.00. The molecule has 0 amide bonds. The fourth-order valence-corrected chi connectivity index (χ4v) is 3.47. The van der Waals surface area contributed by atoms with Crippen LogP contribution in [0.5, 0.6) is 0 Å². The Kier molecular flexibility index (Phi) is 6.11. The summed E-state index contributed by atoms with van der Waals surface area (Å²) >= 11 is 0. The van der Waals surface area contributed by atoms with Gasteiger partial charge in [0.2, 0.25) is 0 Å². The molecule has 1 saturated heterocycles. The van der Waals surface area contributed by atoms with E-state index in [0.29, 0.717) is 12.1 Å². The second-order valence-electron chi connectivity index (χ2n) is 6.65. The van der Waals surface area contributed by atoms with Crippen molar-refractivity contribution in [3.8, 4) is 0 Å². The number of hydrogen-bond donors (Lipinski definition) is 2. The van der Waals surface area contributed by atoms with Gasteiger partial charge < -0.3 is 10.4 Å². The van der Waals surface area contributed by atoms with Gasteiger partial charge in [-0.05, 0) is 38.1 Å². The Morgan fingerprint density at radius 3 is 2.47 bits per heavy atom. The maximum atomic E-state index is 10.1. The number of likely N-dealkylation sites (tertiary alicyclic amines) is 1. The van der Waals surface area contributed by atoms with Crippen LogP contribution >= 0.6 is 0 Å². The van der Waals surface area contributed by atoms with Gasteiger partial charge in [-0.3, -0.25) is 4.90 Å². The summed E-state index contributed by atoms with van der Waals surface area (Å²) in [6.07, 6.45) is 8.42. The van der Waals surface area contributed by atoms with E-state index in [1.165, 1.54) is 51.6 Å². The van der Waals surface area contributed by atoms with Crippen molar-refractivity contribution in [1.82, 2.24) is 10.2 Å². The number of nitrogens with zero attached hydrogens (tertiary/aromatic N) is 1. The van der Waals surface area contributed by atoms with E-state index < -0.39 is 0 Å². The summed E-state index contributed by atoms with van der Waals surface area (Å²) in [4.78, 5) is 2.55. The van der Waals surface area contributed by atoms with E-state index in [-0.39, 0.29) is 6.10 Å². The summed E-state index contributed by atoms with van der Waals surface area (Å²) in [7, 11) is 0. The number of aliphatic hydroxyl groups is 1. The number of hydrogen-bond acceptors (Lipinski definition) is 3. The van der Waals surface area contributed by atoms with Gasteiger partial charge in [0.05, 0.1) is 6.10 Å². The summed E-state index contributed by atoms with van der Waals surface area (Å²) in [6.45, 7) is 8.08. The van der Waals surface area contributed by atoms with Gasteiger partial charge in [-0.15, -0.1) is 0 Å². The van der Waals surface area contributed by atoms with Gasteiger partial charge in [0.1, 0.15) is 0 Å². The molecule has 0 spiro atoms. The maximum Gasteiger partial charge on any atom is 0.0695 e. The topological polar surface area (TPSA) is 35.5 Å². The molecule has 0 bridgehead atoms. The summed E-state index contributed by atoms with van der Waals surface area (Å²) in [5.41, 5.74) is 0. The lowest BCUT2D eigenvalue weighted by Crippen LogP contribution is -2.51. The molecular weight excluding hydrogens is 236 g/mol. The Morgan fingerprint density at radius 2 is 1.84 bits per heavy atom. The highest BCUT2D eigenvalue weighted by molar-refractivity contribution is 4.87. The van der Waals surface area contributed by atoms with E-state index in [9.17, 15) is 5.11 Å². The third kappa shape index (κ3) is 4.44. The van der Waals surface area contributed by atoms with Crippen LogP contribution in [0, 0.1) is 5.92 Å². The number of piperidine rings is 1. The molecule has 2 fully saturated rings. The molecule has 0 radical (unpaired) electrons.